The van der Waals surface area contributed by atoms with Crippen molar-refractivity contribution in [1.29, 1.82) is 0 Å². The number of nitro groups is 1. The first-order chi connectivity index (χ1) is 10.1. The van der Waals surface area contributed by atoms with Crippen molar-refractivity contribution in [3.05, 3.63) is 34.4 Å². The van der Waals surface area contributed by atoms with E-state index in [0.29, 0.717) is 24.7 Å². The minimum absolute atomic E-state index is 0.00909. The van der Waals surface area contributed by atoms with Crippen LogP contribution in [0.1, 0.15) is 12.8 Å². The van der Waals surface area contributed by atoms with Crippen LogP contribution in [0.4, 0.5) is 11.4 Å². The highest BCUT2D eigenvalue weighted by Gasteiger charge is 2.20. The third-order valence-corrected chi connectivity index (χ3v) is 3.67. The zero-order chi connectivity index (χ0) is 15.2. The van der Waals surface area contributed by atoms with Gasteiger partial charge in [0.2, 0.25) is 5.91 Å². The zero-order valence-electron chi connectivity index (χ0n) is 11.8. The number of carbonyl (C=O) groups is 1. The lowest BCUT2D eigenvalue weighted by molar-refractivity contribution is -0.384. The number of nitrogens with two attached hydrogens (primary N) is 1. The number of hydrogen-bond acceptors (Lipinski definition) is 5. The Bertz CT molecular complexity index is 503. The summed E-state index contributed by atoms with van der Waals surface area (Å²) in [6.07, 6.45) is 2.18. The van der Waals surface area contributed by atoms with Crippen molar-refractivity contribution in [2.75, 3.05) is 31.5 Å². The van der Waals surface area contributed by atoms with E-state index in [4.69, 9.17) is 5.73 Å². The van der Waals surface area contributed by atoms with Crippen molar-refractivity contribution >= 4 is 17.3 Å². The summed E-state index contributed by atoms with van der Waals surface area (Å²) >= 11 is 0. The number of non-ortho nitro benzene ring substituents is 1. The molecule has 0 aliphatic carbocycles. The summed E-state index contributed by atoms with van der Waals surface area (Å²) in [6.45, 7) is 2.74. The molecule has 1 aromatic rings. The van der Waals surface area contributed by atoms with Crippen molar-refractivity contribution in [3.63, 3.8) is 0 Å². The van der Waals surface area contributed by atoms with Gasteiger partial charge in [-0.25, -0.2) is 0 Å². The van der Waals surface area contributed by atoms with Crippen molar-refractivity contribution in [1.82, 2.24) is 4.90 Å². The molecule has 7 nitrogen and oxygen atoms in total. The summed E-state index contributed by atoms with van der Waals surface area (Å²) in [4.78, 5) is 24.2. The van der Waals surface area contributed by atoms with Gasteiger partial charge in [0.1, 0.15) is 0 Å². The van der Waals surface area contributed by atoms with E-state index in [2.05, 4.69) is 10.2 Å². The highest BCUT2D eigenvalue weighted by molar-refractivity contribution is 5.92. The Morgan fingerprint density at radius 3 is 2.76 bits per heavy atom. The quantitative estimate of drug-likeness (QED) is 0.627. The van der Waals surface area contributed by atoms with Gasteiger partial charge in [-0.2, -0.15) is 0 Å². The Kier molecular flexibility index (Phi) is 5.24. The molecule has 1 aliphatic heterocycles. The molecule has 0 bridgehead atoms. The molecule has 1 atom stereocenters. The van der Waals surface area contributed by atoms with Crippen LogP contribution in [0.25, 0.3) is 0 Å². The number of hydrogen-bond donors (Lipinski definition) is 2. The number of likely N-dealkylation sites (tertiary alicyclic amines) is 1. The molecule has 21 heavy (non-hydrogen) atoms. The molecule has 2 rings (SSSR count). The lowest BCUT2D eigenvalue weighted by atomic mass is 9.98. The fourth-order valence-electron chi connectivity index (χ4n) is 2.56. The zero-order valence-corrected chi connectivity index (χ0v) is 11.8. The van der Waals surface area contributed by atoms with Crippen LogP contribution in [0, 0.1) is 16.0 Å². The molecule has 3 N–H and O–H groups in total. The average Bonchev–Trinajstić information content (AvgIpc) is 2.47. The summed E-state index contributed by atoms with van der Waals surface area (Å²) in [5.74, 6) is 0.354. The fourth-order valence-corrected chi connectivity index (χ4v) is 2.56. The maximum Gasteiger partial charge on any atom is 0.269 e. The van der Waals surface area contributed by atoms with Gasteiger partial charge in [0, 0.05) is 24.4 Å². The molecular formula is C14H20N4O3. The topological polar surface area (TPSA) is 102 Å². The highest BCUT2D eigenvalue weighted by Crippen LogP contribution is 2.17. The number of nitro benzene ring substituents is 1. The summed E-state index contributed by atoms with van der Waals surface area (Å²) in [7, 11) is 0. The number of rotatable bonds is 5. The van der Waals surface area contributed by atoms with Gasteiger partial charge in [-0.3, -0.25) is 19.8 Å². The number of amides is 1. The minimum Gasteiger partial charge on any atom is -0.330 e. The average molecular weight is 292 g/mol. The van der Waals surface area contributed by atoms with E-state index in [1.165, 1.54) is 24.3 Å². The maximum atomic E-state index is 12.0. The Morgan fingerprint density at radius 1 is 1.43 bits per heavy atom. The molecule has 1 amide bonds. The molecule has 1 heterocycles. The minimum atomic E-state index is -0.466. The highest BCUT2D eigenvalue weighted by atomic mass is 16.6. The largest absolute Gasteiger partial charge is 0.330 e. The molecule has 0 saturated carbocycles. The Labute approximate surface area is 123 Å². The van der Waals surface area contributed by atoms with Gasteiger partial charge in [0.05, 0.1) is 11.5 Å². The Balaban J connectivity index is 1.85. The van der Waals surface area contributed by atoms with Crippen LogP contribution < -0.4 is 11.1 Å². The Morgan fingerprint density at radius 2 is 2.14 bits per heavy atom. The van der Waals surface area contributed by atoms with Gasteiger partial charge in [0.15, 0.2) is 0 Å². The summed E-state index contributed by atoms with van der Waals surface area (Å²) in [6, 6.07) is 5.83. The summed E-state index contributed by atoms with van der Waals surface area (Å²) < 4.78 is 0. The lowest BCUT2D eigenvalue weighted by Gasteiger charge is -2.31. The molecule has 1 aliphatic rings. The standard InChI is InChI=1S/C14H20N4O3/c15-8-11-2-1-7-17(9-11)10-14(19)16-12-3-5-13(6-4-12)18(20)21/h3-6,11H,1-2,7-10,15H2,(H,16,19). The predicted octanol–water partition coefficient (Wildman–Crippen LogP) is 1.20. The van der Waals surface area contributed by atoms with Crippen molar-refractivity contribution in [2.45, 2.75) is 12.8 Å². The summed E-state index contributed by atoms with van der Waals surface area (Å²) in [5.41, 5.74) is 6.25. The number of nitrogens with one attached hydrogen (secondary N) is 1. The van der Waals surface area contributed by atoms with Gasteiger partial charge >= 0.3 is 0 Å². The van der Waals surface area contributed by atoms with E-state index < -0.39 is 4.92 Å². The van der Waals surface area contributed by atoms with Crippen LogP contribution in [-0.2, 0) is 4.79 Å². The van der Waals surface area contributed by atoms with E-state index in [-0.39, 0.29) is 11.6 Å². The van der Waals surface area contributed by atoms with Gasteiger partial charge in [-0.1, -0.05) is 0 Å². The Hall–Kier alpha value is -1.99. The van der Waals surface area contributed by atoms with Crippen molar-refractivity contribution in [2.24, 2.45) is 11.7 Å². The van der Waals surface area contributed by atoms with E-state index in [1.807, 2.05) is 0 Å². The van der Waals surface area contributed by atoms with Gasteiger partial charge in [-0.05, 0) is 44.0 Å². The lowest BCUT2D eigenvalue weighted by Crippen LogP contribution is -2.42. The van der Waals surface area contributed by atoms with E-state index in [1.54, 1.807) is 0 Å². The number of anilines is 1. The second kappa shape index (κ2) is 7.14. The maximum absolute atomic E-state index is 12.0. The molecule has 1 unspecified atom stereocenters. The molecule has 0 spiro atoms. The second-order valence-electron chi connectivity index (χ2n) is 5.33. The molecule has 0 radical (unpaired) electrons. The molecule has 0 aromatic heterocycles. The van der Waals surface area contributed by atoms with Gasteiger partial charge < -0.3 is 11.1 Å². The first-order valence-electron chi connectivity index (χ1n) is 7.05. The first kappa shape index (κ1) is 15.4. The number of benzene rings is 1. The van der Waals surface area contributed by atoms with Crippen molar-refractivity contribution < 1.29 is 9.72 Å². The molecular weight excluding hydrogens is 272 g/mol. The number of nitrogens with zero attached hydrogens (tertiary/aromatic N) is 2. The molecule has 1 aromatic carbocycles. The fraction of sp³-hybridized carbons (Fsp3) is 0.500. The van der Waals surface area contributed by atoms with Gasteiger partial charge in [-0.15, -0.1) is 0 Å². The van der Waals surface area contributed by atoms with E-state index in [9.17, 15) is 14.9 Å². The summed E-state index contributed by atoms with van der Waals surface area (Å²) in [5, 5.41) is 13.3. The van der Waals surface area contributed by atoms with Crippen LogP contribution >= 0.6 is 0 Å². The molecule has 114 valence electrons. The number of piperidine rings is 1. The van der Waals surface area contributed by atoms with Crippen LogP contribution in [0.15, 0.2) is 24.3 Å². The number of carbonyl (C=O) groups excluding carboxylic acids is 1. The van der Waals surface area contributed by atoms with Gasteiger partial charge in [0.25, 0.3) is 5.69 Å². The van der Waals surface area contributed by atoms with E-state index in [0.717, 1.165) is 25.9 Å². The molecule has 7 heteroatoms. The second-order valence-corrected chi connectivity index (χ2v) is 5.33. The normalized spacial score (nSPS) is 19.2. The van der Waals surface area contributed by atoms with Crippen LogP contribution in [-0.4, -0.2) is 41.9 Å². The monoisotopic (exact) mass is 292 g/mol. The third-order valence-electron chi connectivity index (χ3n) is 3.67. The first-order valence-corrected chi connectivity index (χ1v) is 7.05. The smallest absolute Gasteiger partial charge is 0.269 e. The molecule has 1 fully saturated rings. The van der Waals surface area contributed by atoms with E-state index >= 15 is 0 Å². The van der Waals surface area contributed by atoms with Crippen molar-refractivity contribution in [3.8, 4) is 0 Å². The van der Waals surface area contributed by atoms with Crippen LogP contribution in [0.3, 0.4) is 0 Å². The molecule has 1 saturated heterocycles. The third kappa shape index (κ3) is 4.51. The predicted molar refractivity (Wildman–Crippen MR) is 79.9 cm³/mol. The van der Waals surface area contributed by atoms with Crippen LogP contribution in [0.5, 0.6) is 0 Å². The SMILES string of the molecule is NCC1CCCN(CC(=O)Nc2ccc([N+](=O)[O-])cc2)C1. The van der Waals surface area contributed by atoms with Crippen LogP contribution in [0.2, 0.25) is 0 Å².